The van der Waals surface area contributed by atoms with Gasteiger partial charge in [-0.2, -0.15) is 0 Å². The van der Waals surface area contributed by atoms with Crippen LogP contribution in [0.15, 0.2) is 60.7 Å². The minimum atomic E-state index is -0.443. The Labute approximate surface area is 186 Å². The number of likely N-dealkylation sites (tertiary alicyclic amines) is 1. The van der Waals surface area contributed by atoms with Gasteiger partial charge >= 0.3 is 6.09 Å². The molecule has 0 saturated carbocycles. The van der Waals surface area contributed by atoms with Crippen molar-refractivity contribution in [1.29, 1.82) is 0 Å². The predicted octanol–water partition coefficient (Wildman–Crippen LogP) is 4.40. The van der Waals surface area contributed by atoms with Crippen molar-refractivity contribution >= 4 is 6.09 Å². The van der Waals surface area contributed by atoms with Gasteiger partial charge in [-0.05, 0) is 38.3 Å². The first-order valence-corrected chi connectivity index (χ1v) is 11.5. The third kappa shape index (κ3) is 5.46. The first-order chi connectivity index (χ1) is 14.9. The summed E-state index contributed by atoms with van der Waals surface area (Å²) in [6, 6.07) is 22.4. The Bertz CT molecular complexity index is 804. The summed E-state index contributed by atoms with van der Waals surface area (Å²) in [5.41, 5.74) is 2.25. The normalized spacial score (nSPS) is 19.2. The molecule has 5 heteroatoms. The monoisotopic (exact) mass is 421 g/mol. The van der Waals surface area contributed by atoms with Crippen molar-refractivity contribution in [3.8, 4) is 0 Å². The molecule has 0 aromatic heterocycles. The number of hydrogen-bond donors (Lipinski definition) is 0. The topological polar surface area (TPSA) is 36.0 Å². The van der Waals surface area contributed by atoms with Gasteiger partial charge in [0.05, 0.1) is 6.04 Å². The summed E-state index contributed by atoms with van der Waals surface area (Å²) in [4.78, 5) is 19.5. The largest absolute Gasteiger partial charge is 0.444 e. The van der Waals surface area contributed by atoms with E-state index in [-0.39, 0.29) is 6.09 Å². The maximum absolute atomic E-state index is 12.5. The standard InChI is InChI=1S/C26H35N3O2/c1-26(2,3)31-25(30)28-16-10-15-27(17-18-28)23-19-29(20-23)24(21-11-6-4-7-12-21)22-13-8-5-9-14-22/h4-9,11-14,23-24H,10,15-20H2,1-3H3. The van der Waals surface area contributed by atoms with E-state index in [1.165, 1.54) is 11.1 Å². The molecule has 5 nitrogen and oxygen atoms in total. The van der Waals surface area contributed by atoms with E-state index in [0.717, 1.165) is 45.7 Å². The zero-order chi connectivity index (χ0) is 21.8. The fourth-order valence-corrected chi connectivity index (χ4v) is 4.63. The van der Waals surface area contributed by atoms with Gasteiger partial charge < -0.3 is 9.64 Å². The van der Waals surface area contributed by atoms with Gasteiger partial charge in [0.25, 0.3) is 0 Å². The Kier molecular flexibility index (Phi) is 6.63. The Morgan fingerprint density at radius 1 is 0.871 bits per heavy atom. The second-order valence-electron chi connectivity index (χ2n) is 9.69. The van der Waals surface area contributed by atoms with Crippen molar-refractivity contribution in [1.82, 2.24) is 14.7 Å². The molecule has 0 unspecified atom stereocenters. The molecule has 0 atom stereocenters. The minimum Gasteiger partial charge on any atom is -0.444 e. The lowest BCUT2D eigenvalue weighted by Crippen LogP contribution is -2.60. The molecule has 2 aliphatic heterocycles. The Morgan fingerprint density at radius 3 is 2.00 bits per heavy atom. The van der Waals surface area contributed by atoms with Gasteiger partial charge in [-0.3, -0.25) is 9.80 Å². The van der Waals surface area contributed by atoms with E-state index in [1.807, 2.05) is 25.7 Å². The molecule has 31 heavy (non-hydrogen) atoms. The molecule has 2 fully saturated rings. The number of carbonyl (C=O) groups is 1. The third-order valence-corrected chi connectivity index (χ3v) is 6.18. The summed E-state index contributed by atoms with van der Waals surface area (Å²) >= 11 is 0. The molecule has 0 spiro atoms. The predicted molar refractivity (Wildman–Crippen MR) is 124 cm³/mol. The molecule has 166 valence electrons. The van der Waals surface area contributed by atoms with Crippen LogP contribution in [0.4, 0.5) is 4.79 Å². The van der Waals surface area contributed by atoms with E-state index in [1.54, 1.807) is 0 Å². The van der Waals surface area contributed by atoms with Crippen molar-refractivity contribution in [3.05, 3.63) is 71.8 Å². The third-order valence-electron chi connectivity index (χ3n) is 6.18. The molecule has 0 N–H and O–H groups in total. The van der Waals surface area contributed by atoms with E-state index in [0.29, 0.717) is 12.1 Å². The fourth-order valence-electron chi connectivity index (χ4n) is 4.63. The molecule has 1 amide bonds. The summed E-state index contributed by atoms with van der Waals surface area (Å²) in [6.07, 6.45) is 0.814. The minimum absolute atomic E-state index is 0.183. The van der Waals surface area contributed by atoms with Crippen LogP contribution >= 0.6 is 0 Å². The van der Waals surface area contributed by atoms with E-state index < -0.39 is 5.60 Å². The SMILES string of the molecule is CC(C)(C)OC(=O)N1CCCN(C2CN(C(c3ccccc3)c3ccccc3)C2)CC1. The average molecular weight is 422 g/mol. The van der Waals surface area contributed by atoms with Gasteiger partial charge in [-0.1, -0.05) is 60.7 Å². The lowest BCUT2D eigenvalue weighted by Gasteiger charge is -2.49. The number of rotatable bonds is 4. The zero-order valence-electron chi connectivity index (χ0n) is 19.0. The second kappa shape index (κ2) is 9.41. The Balaban J connectivity index is 1.37. The number of nitrogens with zero attached hydrogens (tertiary/aromatic N) is 3. The van der Waals surface area contributed by atoms with E-state index in [9.17, 15) is 4.79 Å². The van der Waals surface area contributed by atoms with Crippen LogP contribution in [-0.2, 0) is 4.74 Å². The summed E-state index contributed by atoms with van der Waals surface area (Å²) in [6.45, 7) is 11.4. The molecule has 0 aliphatic carbocycles. The van der Waals surface area contributed by atoms with Crippen molar-refractivity contribution in [2.24, 2.45) is 0 Å². The zero-order valence-corrected chi connectivity index (χ0v) is 19.0. The van der Waals surface area contributed by atoms with Crippen LogP contribution in [0.5, 0.6) is 0 Å². The Morgan fingerprint density at radius 2 is 1.45 bits per heavy atom. The van der Waals surface area contributed by atoms with Crippen LogP contribution in [0, 0.1) is 0 Å². The smallest absolute Gasteiger partial charge is 0.410 e. The fraction of sp³-hybridized carbons (Fsp3) is 0.500. The molecule has 2 aromatic carbocycles. The molecular formula is C26H35N3O2. The first-order valence-electron chi connectivity index (χ1n) is 11.5. The van der Waals surface area contributed by atoms with Crippen molar-refractivity contribution in [2.75, 3.05) is 39.3 Å². The highest BCUT2D eigenvalue weighted by Gasteiger charge is 2.38. The summed E-state index contributed by atoms with van der Waals surface area (Å²) in [5, 5.41) is 0. The van der Waals surface area contributed by atoms with Gasteiger partial charge in [0.15, 0.2) is 0 Å². The van der Waals surface area contributed by atoms with Crippen LogP contribution in [-0.4, -0.2) is 71.7 Å². The van der Waals surface area contributed by atoms with Gasteiger partial charge in [-0.15, -0.1) is 0 Å². The number of amides is 1. The number of carbonyl (C=O) groups excluding carboxylic acids is 1. The lowest BCUT2D eigenvalue weighted by atomic mass is 9.92. The van der Waals surface area contributed by atoms with Crippen molar-refractivity contribution in [2.45, 2.75) is 44.9 Å². The lowest BCUT2D eigenvalue weighted by molar-refractivity contribution is 0.0120. The highest BCUT2D eigenvalue weighted by Crippen LogP contribution is 2.33. The molecule has 0 bridgehead atoms. The molecule has 2 aromatic rings. The van der Waals surface area contributed by atoms with E-state index in [4.69, 9.17) is 4.74 Å². The molecule has 0 radical (unpaired) electrons. The van der Waals surface area contributed by atoms with E-state index >= 15 is 0 Å². The average Bonchev–Trinajstić information content (AvgIpc) is 2.96. The second-order valence-corrected chi connectivity index (χ2v) is 9.69. The quantitative estimate of drug-likeness (QED) is 0.733. The van der Waals surface area contributed by atoms with Crippen LogP contribution < -0.4 is 0 Å². The maximum atomic E-state index is 12.5. The number of hydrogen-bond acceptors (Lipinski definition) is 4. The van der Waals surface area contributed by atoms with Crippen LogP contribution in [0.3, 0.4) is 0 Å². The maximum Gasteiger partial charge on any atom is 0.410 e. The van der Waals surface area contributed by atoms with E-state index in [2.05, 4.69) is 70.5 Å². The molecular weight excluding hydrogens is 386 g/mol. The van der Waals surface area contributed by atoms with Gasteiger partial charge in [0.1, 0.15) is 5.60 Å². The molecule has 4 rings (SSSR count). The van der Waals surface area contributed by atoms with Crippen LogP contribution in [0.2, 0.25) is 0 Å². The summed E-state index contributed by atoms with van der Waals surface area (Å²) in [5.74, 6) is 0. The number of benzene rings is 2. The molecule has 2 aliphatic rings. The van der Waals surface area contributed by atoms with Crippen LogP contribution in [0.1, 0.15) is 44.4 Å². The number of ether oxygens (including phenoxy) is 1. The molecule has 2 heterocycles. The summed E-state index contributed by atoms with van der Waals surface area (Å²) in [7, 11) is 0. The van der Waals surface area contributed by atoms with Gasteiger partial charge in [0.2, 0.25) is 0 Å². The van der Waals surface area contributed by atoms with Gasteiger partial charge in [-0.25, -0.2) is 4.79 Å². The van der Waals surface area contributed by atoms with Crippen LogP contribution in [0.25, 0.3) is 0 Å². The highest BCUT2D eigenvalue weighted by atomic mass is 16.6. The Hall–Kier alpha value is -2.37. The highest BCUT2D eigenvalue weighted by molar-refractivity contribution is 5.68. The van der Waals surface area contributed by atoms with Crippen molar-refractivity contribution in [3.63, 3.8) is 0 Å². The molecule has 2 saturated heterocycles. The van der Waals surface area contributed by atoms with Crippen molar-refractivity contribution < 1.29 is 9.53 Å². The van der Waals surface area contributed by atoms with Gasteiger partial charge in [0, 0.05) is 45.3 Å². The summed E-state index contributed by atoms with van der Waals surface area (Å²) < 4.78 is 5.58. The first kappa shape index (κ1) is 21.8.